The summed E-state index contributed by atoms with van der Waals surface area (Å²) < 4.78 is 7.16. The molecule has 0 aliphatic carbocycles. The predicted octanol–water partition coefficient (Wildman–Crippen LogP) is 3.85. The molecule has 4 heterocycles. The number of H-pyrrole nitrogens is 1. The van der Waals surface area contributed by atoms with Crippen LogP contribution in [0, 0.1) is 5.92 Å². The van der Waals surface area contributed by atoms with Gasteiger partial charge >= 0.3 is 0 Å². The van der Waals surface area contributed by atoms with Crippen molar-refractivity contribution in [2.75, 3.05) is 6.61 Å². The fourth-order valence-corrected chi connectivity index (χ4v) is 4.20. The fraction of sp³-hybridized carbons (Fsp3) is 0.304. The number of thiophene rings is 1. The van der Waals surface area contributed by atoms with Crippen LogP contribution in [0.4, 0.5) is 0 Å². The van der Waals surface area contributed by atoms with Gasteiger partial charge in [-0.1, -0.05) is 20.8 Å². The number of ether oxygens (including phenoxy) is 1. The van der Waals surface area contributed by atoms with Crippen LogP contribution in [0.2, 0.25) is 0 Å². The first-order chi connectivity index (χ1) is 15.0. The highest BCUT2D eigenvalue weighted by Gasteiger charge is 2.16. The van der Waals surface area contributed by atoms with E-state index < -0.39 is 0 Å². The lowest BCUT2D eigenvalue weighted by atomic mass is 10.2. The second kappa shape index (κ2) is 8.85. The van der Waals surface area contributed by atoms with Gasteiger partial charge in [-0.3, -0.25) is 19.1 Å². The number of aromatic nitrogens is 4. The van der Waals surface area contributed by atoms with Gasteiger partial charge in [-0.05, 0) is 30.5 Å². The van der Waals surface area contributed by atoms with Crippen LogP contribution in [0.5, 0.6) is 5.75 Å². The number of pyridine rings is 2. The summed E-state index contributed by atoms with van der Waals surface area (Å²) in [5.74, 6) is 1.14. The highest BCUT2D eigenvalue weighted by Crippen LogP contribution is 2.25. The summed E-state index contributed by atoms with van der Waals surface area (Å²) in [5, 5.41) is 0.596. The van der Waals surface area contributed by atoms with Crippen LogP contribution in [0.15, 0.2) is 52.4 Å². The van der Waals surface area contributed by atoms with E-state index in [-0.39, 0.29) is 23.3 Å². The van der Waals surface area contributed by atoms with E-state index in [1.54, 1.807) is 23.2 Å². The molecule has 0 amide bonds. The Morgan fingerprint density at radius 2 is 1.97 bits per heavy atom. The maximum Gasteiger partial charge on any atom is 0.262 e. The number of fused-ring (bicyclic) bond motifs is 1. The van der Waals surface area contributed by atoms with Crippen molar-refractivity contribution in [2.45, 2.75) is 33.7 Å². The first-order valence-corrected chi connectivity index (χ1v) is 11.1. The quantitative estimate of drug-likeness (QED) is 0.475. The smallest absolute Gasteiger partial charge is 0.262 e. The van der Waals surface area contributed by atoms with Gasteiger partial charge in [-0.2, -0.15) is 0 Å². The van der Waals surface area contributed by atoms with Gasteiger partial charge in [0.25, 0.3) is 5.56 Å². The Hall–Kier alpha value is -3.26. The molecule has 0 saturated carbocycles. The van der Waals surface area contributed by atoms with E-state index in [9.17, 15) is 9.59 Å². The SMILES string of the molecule is CCc1cc2c(=O)n(Cc3cc(=O)c(OCC(C)C)c[nH]3)c(-c3ccncc3)nc2s1. The number of aromatic amines is 1. The zero-order chi connectivity index (χ0) is 22.0. The third-order valence-electron chi connectivity index (χ3n) is 4.83. The van der Waals surface area contributed by atoms with Crippen LogP contribution < -0.4 is 15.7 Å². The zero-order valence-corrected chi connectivity index (χ0v) is 18.5. The second-order valence-corrected chi connectivity index (χ2v) is 8.85. The Kier molecular flexibility index (Phi) is 5.99. The summed E-state index contributed by atoms with van der Waals surface area (Å²) >= 11 is 1.53. The first kappa shape index (κ1) is 21.0. The topological polar surface area (TPSA) is 89.9 Å². The van der Waals surface area contributed by atoms with Crippen molar-refractivity contribution in [3.63, 3.8) is 0 Å². The summed E-state index contributed by atoms with van der Waals surface area (Å²) in [7, 11) is 0. The summed E-state index contributed by atoms with van der Waals surface area (Å²) in [6.07, 6.45) is 5.74. The highest BCUT2D eigenvalue weighted by molar-refractivity contribution is 7.18. The molecule has 4 aromatic heterocycles. The maximum atomic E-state index is 13.4. The van der Waals surface area contributed by atoms with Gasteiger partial charge in [0, 0.05) is 40.8 Å². The van der Waals surface area contributed by atoms with E-state index in [0.717, 1.165) is 21.7 Å². The van der Waals surface area contributed by atoms with Gasteiger partial charge in [0.15, 0.2) is 5.75 Å². The van der Waals surface area contributed by atoms with Gasteiger partial charge in [-0.25, -0.2) is 4.98 Å². The van der Waals surface area contributed by atoms with Crippen molar-refractivity contribution < 1.29 is 4.74 Å². The van der Waals surface area contributed by atoms with Crippen LogP contribution in [-0.2, 0) is 13.0 Å². The van der Waals surface area contributed by atoms with Crippen molar-refractivity contribution in [3.8, 4) is 17.1 Å². The highest BCUT2D eigenvalue weighted by atomic mass is 32.1. The molecule has 4 rings (SSSR count). The molecule has 31 heavy (non-hydrogen) atoms. The number of rotatable bonds is 7. The molecule has 160 valence electrons. The van der Waals surface area contributed by atoms with Gasteiger partial charge in [0.2, 0.25) is 5.43 Å². The third kappa shape index (κ3) is 4.44. The van der Waals surface area contributed by atoms with E-state index in [4.69, 9.17) is 9.72 Å². The van der Waals surface area contributed by atoms with E-state index in [1.165, 1.54) is 17.4 Å². The van der Waals surface area contributed by atoms with E-state index in [0.29, 0.717) is 29.4 Å². The Morgan fingerprint density at radius 1 is 1.19 bits per heavy atom. The lowest BCUT2D eigenvalue weighted by Gasteiger charge is -2.13. The molecule has 0 aromatic carbocycles. The van der Waals surface area contributed by atoms with E-state index >= 15 is 0 Å². The lowest BCUT2D eigenvalue weighted by molar-refractivity contribution is 0.267. The molecule has 0 unspecified atom stereocenters. The van der Waals surface area contributed by atoms with Gasteiger partial charge in [0.05, 0.1) is 18.5 Å². The van der Waals surface area contributed by atoms with Crippen molar-refractivity contribution >= 4 is 21.6 Å². The van der Waals surface area contributed by atoms with Crippen LogP contribution in [0.1, 0.15) is 31.3 Å². The molecule has 0 aliphatic heterocycles. The lowest BCUT2D eigenvalue weighted by Crippen LogP contribution is -2.24. The van der Waals surface area contributed by atoms with E-state index in [2.05, 4.69) is 16.9 Å². The number of nitrogens with one attached hydrogen (secondary N) is 1. The Balaban J connectivity index is 1.79. The number of aryl methyl sites for hydroxylation is 1. The zero-order valence-electron chi connectivity index (χ0n) is 17.7. The van der Waals surface area contributed by atoms with Crippen LogP contribution in [-0.4, -0.2) is 26.1 Å². The Labute approximate surface area is 183 Å². The third-order valence-corrected chi connectivity index (χ3v) is 6.00. The number of hydrogen-bond acceptors (Lipinski definition) is 6. The molecule has 4 aromatic rings. The van der Waals surface area contributed by atoms with Crippen molar-refractivity contribution in [2.24, 2.45) is 5.92 Å². The summed E-state index contributed by atoms with van der Waals surface area (Å²) in [6.45, 7) is 6.75. The monoisotopic (exact) mass is 436 g/mol. The largest absolute Gasteiger partial charge is 0.488 e. The minimum atomic E-state index is -0.217. The molecular weight excluding hydrogens is 412 g/mol. The Morgan fingerprint density at radius 3 is 2.65 bits per heavy atom. The van der Waals surface area contributed by atoms with Crippen molar-refractivity contribution in [3.05, 3.63) is 74.0 Å². The molecule has 1 N–H and O–H groups in total. The van der Waals surface area contributed by atoms with Crippen molar-refractivity contribution in [1.29, 1.82) is 0 Å². The first-order valence-electron chi connectivity index (χ1n) is 10.2. The van der Waals surface area contributed by atoms with Crippen LogP contribution in [0.25, 0.3) is 21.6 Å². The molecule has 8 heteroatoms. The van der Waals surface area contributed by atoms with Crippen LogP contribution >= 0.6 is 11.3 Å². The van der Waals surface area contributed by atoms with Gasteiger partial charge < -0.3 is 9.72 Å². The van der Waals surface area contributed by atoms with Gasteiger partial charge in [0.1, 0.15) is 10.7 Å². The standard InChI is InChI=1S/C23H24N4O3S/c1-4-17-10-18-22(31-17)26-21(15-5-7-24-8-6-15)27(23(18)29)12-16-9-19(28)20(11-25-16)30-13-14(2)3/h5-11,14H,4,12-13H2,1-3H3,(H,25,28). The van der Waals surface area contributed by atoms with Crippen LogP contribution in [0.3, 0.4) is 0 Å². The minimum Gasteiger partial charge on any atom is -0.488 e. The minimum absolute atomic E-state index is 0.131. The molecule has 0 bridgehead atoms. The Bertz CT molecular complexity index is 1320. The maximum absolute atomic E-state index is 13.4. The molecular formula is C23H24N4O3S. The average Bonchev–Trinajstić information content (AvgIpc) is 3.19. The molecule has 0 atom stereocenters. The summed E-state index contributed by atoms with van der Waals surface area (Å²) in [6, 6.07) is 7.04. The van der Waals surface area contributed by atoms with E-state index in [1.807, 2.05) is 32.0 Å². The number of hydrogen-bond donors (Lipinski definition) is 1. The second-order valence-electron chi connectivity index (χ2n) is 7.74. The fourth-order valence-electron chi connectivity index (χ4n) is 3.24. The molecule has 0 saturated heterocycles. The predicted molar refractivity (Wildman–Crippen MR) is 123 cm³/mol. The molecule has 0 fully saturated rings. The summed E-state index contributed by atoms with van der Waals surface area (Å²) in [4.78, 5) is 39.7. The number of nitrogens with zero attached hydrogens (tertiary/aromatic N) is 3. The molecule has 0 radical (unpaired) electrons. The van der Waals surface area contributed by atoms with Crippen molar-refractivity contribution in [1.82, 2.24) is 19.5 Å². The molecule has 7 nitrogen and oxygen atoms in total. The normalized spacial score (nSPS) is 11.4. The molecule has 0 aliphatic rings. The molecule has 0 spiro atoms. The average molecular weight is 437 g/mol. The van der Waals surface area contributed by atoms with Gasteiger partial charge in [-0.15, -0.1) is 11.3 Å². The summed E-state index contributed by atoms with van der Waals surface area (Å²) in [5.41, 5.74) is 1.05.